The zero-order valence-electron chi connectivity index (χ0n) is 15.3. The van der Waals surface area contributed by atoms with Gasteiger partial charge in [-0.3, -0.25) is 4.98 Å². The van der Waals surface area contributed by atoms with E-state index in [2.05, 4.69) is 77.8 Å². The van der Waals surface area contributed by atoms with Gasteiger partial charge in [0.05, 0.1) is 22.9 Å². The van der Waals surface area contributed by atoms with Crippen LogP contribution in [0.3, 0.4) is 0 Å². The van der Waals surface area contributed by atoms with Gasteiger partial charge in [0, 0.05) is 5.56 Å². The molecule has 132 valence electrons. The lowest BCUT2D eigenvalue weighted by Crippen LogP contribution is -1.89. The van der Waals surface area contributed by atoms with Gasteiger partial charge in [0.25, 0.3) is 0 Å². The summed E-state index contributed by atoms with van der Waals surface area (Å²) in [5.74, 6) is 0. The van der Waals surface area contributed by atoms with E-state index in [4.69, 9.17) is 4.98 Å². The van der Waals surface area contributed by atoms with E-state index < -0.39 is 0 Å². The third-order valence-corrected chi connectivity index (χ3v) is 4.93. The molecule has 0 aliphatic carbocycles. The Hall–Kier alpha value is -3.78. The first kappa shape index (κ1) is 16.4. The van der Waals surface area contributed by atoms with Crippen molar-refractivity contribution in [2.75, 3.05) is 0 Å². The highest BCUT2D eigenvalue weighted by atomic mass is 14.8. The lowest BCUT2D eigenvalue weighted by Gasteiger charge is -2.08. The number of rotatable bonds is 3. The zero-order valence-corrected chi connectivity index (χ0v) is 15.3. The molecule has 0 bridgehead atoms. The summed E-state index contributed by atoms with van der Waals surface area (Å²) in [5.41, 5.74) is 8.61. The molecule has 2 nitrogen and oxygen atoms in total. The van der Waals surface area contributed by atoms with Crippen LogP contribution in [0.5, 0.6) is 0 Å². The lowest BCUT2D eigenvalue weighted by molar-refractivity contribution is 1.29. The van der Waals surface area contributed by atoms with Crippen molar-refractivity contribution >= 4 is 11.0 Å². The molecule has 1 heterocycles. The quantitative estimate of drug-likeness (QED) is 0.362. The minimum atomic E-state index is 0.890. The van der Waals surface area contributed by atoms with Crippen LogP contribution in [0.4, 0.5) is 0 Å². The Labute approximate surface area is 164 Å². The van der Waals surface area contributed by atoms with Gasteiger partial charge in [-0.15, -0.1) is 0 Å². The second kappa shape index (κ2) is 7.09. The van der Waals surface area contributed by atoms with Crippen molar-refractivity contribution in [2.45, 2.75) is 0 Å². The standard InChI is InChI=1S/C26H18N2/c1-2-7-19(8-3-1)20-13-15-21(16-14-20)22-9-6-10-23(17-22)26-18-27-24-11-4-5-12-25(24)28-26/h1-18H. The maximum Gasteiger partial charge on any atom is 0.0894 e. The summed E-state index contributed by atoms with van der Waals surface area (Å²) in [6.45, 7) is 0. The number of benzene rings is 4. The van der Waals surface area contributed by atoms with Gasteiger partial charge in [0.2, 0.25) is 0 Å². The zero-order chi connectivity index (χ0) is 18.8. The monoisotopic (exact) mass is 358 g/mol. The first-order valence-electron chi connectivity index (χ1n) is 9.35. The summed E-state index contributed by atoms with van der Waals surface area (Å²) < 4.78 is 0. The predicted molar refractivity (Wildman–Crippen MR) is 116 cm³/mol. The average molecular weight is 358 g/mol. The van der Waals surface area contributed by atoms with E-state index in [0.29, 0.717) is 0 Å². The van der Waals surface area contributed by atoms with E-state index >= 15 is 0 Å². The van der Waals surface area contributed by atoms with Crippen LogP contribution in [0.1, 0.15) is 0 Å². The van der Waals surface area contributed by atoms with Crippen molar-refractivity contribution in [1.29, 1.82) is 0 Å². The van der Waals surface area contributed by atoms with Crippen LogP contribution in [0.15, 0.2) is 109 Å². The fourth-order valence-electron chi connectivity index (χ4n) is 3.44. The van der Waals surface area contributed by atoms with Gasteiger partial charge < -0.3 is 0 Å². The van der Waals surface area contributed by atoms with Crippen LogP contribution in [0.25, 0.3) is 44.5 Å². The third-order valence-electron chi connectivity index (χ3n) is 4.93. The van der Waals surface area contributed by atoms with Gasteiger partial charge in [0.1, 0.15) is 0 Å². The summed E-state index contributed by atoms with van der Waals surface area (Å²) in [7, 11) is 0. The number of hydrogen-bond donors (Lipinski definition) is 0. The molecule has 1 aromatic heterocycles. The fourth-order valence-corrected chi connectivity index (χ4v) is 3.44. The Morgan fingerprint density at radius 1 is 0.429 bits per heavy atom. The van der Waals surface area contributed by atoms with E-state index in [0.717, 1.165) is 22.3 Å². The summed E-state index contributed by atoms with van der Waals surface area (Å²) in [5, 5.41) is 0. The molecule has 0 saturated heterocycles. The largest absolute Gasteiger partial charge is 0.252 e. The summed E-state index contributed by atoms with van der Waals surface area (Å²) in [6, 6.07) is 35.6. The Morgan fingerprint density at radius 3 is 1.79 bits per heavy atom. The molecule has 0 fully saturated rings. The molecule has 5 aromatic rings. The topological polar surface area (TPSA) is 25.8 Å². The Bertz CT molecular complexity index is 1240. The van der Waals surface area contributed by atoms with Crippen LogP contribution < -0.4 is 0 Å². The Kier molecular flexibility index (Phi) is 4.15. The van der Waals surface area contributed by atoms with Gasteiger partial charge in [-0.05, 0) is 40.5 Å². The maximum absolute atomic E-state index is 4.77. The van der Waals surface area contributed by atoms with E-state index in [1.54, 1.807) is 0 Å². The average Bonchev–Trinajstić information content (AvgIpc) is 2.79. The van der Waals surface area contributed by atoms with Crippen molar-refractivity contribution in [3.8, 4) is 33.5 Å². The van der Waals surface area contributed by atoms with Crippen LogP contribution in [-0.4, -0.2) is 9.97 Å². The minimum absolute atomic E-state index is 0.890. The molecule has 28 heavy (non-hydrogen) atoms. The van der Waals surface area contributed by atoms with Gasteiger partial charge in [-0.1, -0.05) is 84.9 Å². The summed E-state index contributed by atoms with van der Waals surface area (Å²) in [6.07, 6.45) is 1.85. The first-order valence-corrected chi connectivity index (χ1v) is 9.35. The Morgan fingerprint density at radius 2 is 1.00 bits per heavy atom. The van der Waals surface area contributed by atoms with Crippen molar-refractivity contribution < 1.29 is 0 Å². The molecule has 0 saturated carbocycles. The van der Waals surface area contributed by atoms with E-state index in [-0.39, 0.29) is 0 Å². The highest BCUT2D eigenvalue weighted by Gasteiger charge is 2.05. The molecular formula is C26H18N2. The SMILES string of the molecule is c1ccc(-c2ccc(-c3cccc(-c4cnc5ccccc5n4)c3)cc2)cc1. The molecule has 0 atom stereocenters. The first-order chi connectivity index (χ1) is 13.9. The number of nitrogens with zero attached hydrogens (tertiary/aromatic N) is 2. The molecule has 0 aliphatic rings. The van der Waals surface area contributed by atoms with Gasteiger partial charge in [0.15, 0.2) is 0 Å². The summed E-state index contributed by atoms with van der Waals surface area (Å²) in [4.78, 5) is 9.31. The second-order valence-corrected chi connectivity index (χ2v) is 6.77. The normalized spacial score (nSPS) is 10.9. The highest BCUT2D eigenvalue weighted by Crippen LogP contribution is 2.28. The molecule has 0 spiro atoms. The molecule has 0 aliphatic heterocycles. The van der Waals surface area contributed by atoms with E-state index in [1.165, 1.54) is 22.3 Å². The molecule has 0 unspecified atom stereocenters. The van der Waals surface area contributed by atoms with Crippen molar-refractivity contribution in [3.05, 3.63) is 109 Å². The number of para-hydroxylation sites is 2. The second-order valence-electron chi connectivity index (χ2n) is 6.77. The number of hydrogen-bond acceptors (Lipinski definition) is 2. The smallest absolute Gasteiger partial charge is 0.0894 e. The van der Waals surface area contributed by atoms with Crippen molar-refractivity contribution in [3.63, 3.8) is 0 Å². The fraction of sp³-hybridized carbons (Fsp3) is 0. The number of fused-ring (bicyclic) bond motifs is 1. The van der Waals surface area contributed by atoms with Gasteiger partial charge in [-0.2, -0.15) is 0 Å². The molecule has 0 amide bonds. The number of aromatic nitrogens is 2. The third kappa shape index (κ3) is 3.17. The Balaban J connectivity index is 1.50. The molecule has 5 rings (SSSR count). The molecule has 0 N–H and O–H groups in total. The molecule has 2 heteroatoms. The van der Waals surface area contributed by atoms with Crippen LogP contribution >= 0.6 is 0 Å². The molecular weight excluding hydrogens is 340 g/mol. The minimum Gasteiger partial charge on any atom is -0.252 e. The molecule has 0 radical (unpaired) electrons. The molecule has 4 aromatic carbocycles. The van der Waals surface area contributed by atoms with Crippen molar-refractivity contribution in [1.82, 2.24) is 9.97 Å². The highest BCUT2D eigenvalue weighted by molar-refractivity contribution is 5.79. The lowest BCUT2D eigenvalue weighted by atomic mass is 9.98. The van der Waals surface area contributed by atoms with Crippen LogP contribution in [0.2, 0.25) is 0 Å². The van der Waals surface area contributed by atoms with E-state index in [1.807, 2.05) is 36.5 Å². The van der Waals surface area contributed by atoms with Crippen LogP contribution in [-0.2, 0) is 0 Å². The van der Waals surface area contributed by atoms with Crippen LogP contribution in [0, 0.1) is 0 Å². The van der Waals surface area contributed by atoms with Gasteiger partial charge >= 0.3 is 0 Å². The van der Waals surface area contributed by atoms with Crippen molar-refractivity contribution in [2.24, 2.45) is 0 Å². The van der Waals surface area contributed by atoms with Gasteiger partial charge in [-0.25, -0.2) is 4.98 Å². The summed E-state index contributed by atoms with van der Waals surface area (Å²) >= 11 is 0. The maximum atomic E-state index is 4.77. The van der Waals surface area contributed by atoms with E-state index in [9.17, 15) is 0 Å². The predicted octanol–water partition coefficient (Wildman–Crippen LogP) is 6.63.